The molecule has 1 fully saturated rings. The van der Waals surface area contributed by atoms with Crippen LogP contribution in [-0.4, -0.2) is 22.7 Å². The van der Waals surface area contributed by atoms with Gasteiger partial charge in [-0.1, -0.05) is 84.9 Å². The first-order chi connectivity index (χ1) is 18.1. The molecule has 1 saturated carbocycles. The Morgan fingerprint density at radius 2 is 1.54 bits per heavy atom. The number of aliphatic hydroxyl groups excluding tert-OH is 1. The fourth-order valence-corrected chi connectivity index (χ4v) is 5.04. The van der Waals surface area contributed by atoms with Crippen LogP contribution in [0.2, 0.25) is 0 Å². The first-order valence-electron chi connectivity index (χ1n) is 13.2. The summed E-state index contributed by atoms with van der Waals surface area (Å²) in [5.74, 6) is -0.104. The number of rotatable bonds is 10. The quantitative estimate of drug-likeness (QED) is 0.241. The van der Waals surface area contributed by atoms with Gasteiger partial charge in [0.25, 0.3) is 0 Å². The fourth-order valence-electron chi connectivity index (χ4n) is 5.04. The second-order valence-corrected chi connectivity index (χ2v) is 9.79. The molecule has 5 rings (SSSR count). The van der Waals surface area contributed by atoms with Crippen molar-refractivity contribution in [3.63, 3.8) is 0 Å². The number of carbonyl (C=O) groups excluding carboxylic acids is 1. The normalized spacial score (nSPS) is 14.6. The summed E-state index contributed by atoms with van der Waals surface area (Å²) in [6.45, 7) is 2.27. The van der Waals surface area contributed by atoms with Crippen LogP contribution < -0.4 is 0 Å². The van der Waals surface area contributed by atoms with E-state index in [-0.39, 0.29) is 5.97 Å². The van der Waals surface area contributed by atoms with Crippen LogP contribution in [0.15, 0.2) is 97.2 Å². The molecule has 188 valence electrons. The van der Waals surface area contributed by atoms with Gasteiger partial charge in [-0.25, -0.2) is 0 Å². The van der Waals surface area contributed by atoms with Crippen molar-refractivity contribution in [2.45, 2.75) is 50.5 Å². The number of benzene rings is 3. The van der Waals surface area contributed by atoms with Crippen molar-refractivity contribution < 1.29 is 14.6 Å². The third-order valence-electron chi connectivity index (χ3n) is 7.34. The second kappa shape index (κ2) is 11.1. The van der Waals surface area contributed by atoms with E-state index in [4.69, 9.17) is 4.74 Å². The van der Waals surface area contributed by atoms with Crippen LogP contribution in [-0.2, 0) is 21.4 Å². The number of nitrogens with zero attached hydrogens (tertiary/aromatic N) is 1. The molecule has 1 heterocycles. The smallest absolute Gasteiger partial charge is 0.316 e. The van der Waals surface area contributed by atoms with E-state index in [0.29, 0.717) is 13.0 Å². The van der Waals surface area contributed by atoms with Gasteiger partial charge in [-0.15, -0.1) is 0 Å². The number of pyridine rings is 1. The first-order valence-corrected chi connectivity index (χ1v) is 13.2. The summed E-state index contributed by atoms with van der Waals surface area (Å²) in [5.41, 5.74) is 7.07. The van der Waals surface area contributed by atoms with Gasteiger partial charge in [0.05, 0.1) is 23.8 Å². The molecule has 1 aliphatic carbocycles. The molecule has 0 amide bonds. The van der Waals surface area contributed by atoms with Gasteiger partial charge in [0.15, 0.2) is 0 Å². The number of aliphatic hydroxyl groups is 1. The zero-order valence-corrected chi connectivity index (χ0v) is 21.3. The van der Waals surface area contributed by atoms with Gasteiger partial charge >= 0.3 is 5.97 Å². The van der Waals surface area contributed by atoms with Crippen molar-refractivity contribution in [3.8, 4) is 22.4 Å². The Kier molecular flexibility index (Phi) is 7.47. The minimum atomic E-state index is -0.445. The third kappa shape index (κ3) is 5.50. The van der Waals surface area contributed by atoms with Gasteiger partial charge < -0.3 is 9.84 Å². The minimum absolute atomic E-state index is 0.104. The minimum Gasteiger partial charge on any atom is -0.465 e. The molecule has 1 N–H and O–H groups in total. The van der Waals surface area contributed by atoms with Gasteiger partial charge in [-0.3, -0.25) is 9.78 Å². The Hall–Kier alpha value is -3.76. The topological polar surface area (TPSA) is 59.4 Å². The summed E-state index contributed by atoms with van der Waals surface area (Å²) in [5, 5.41) is 10.5. The van der Waals surface area contributed by atoms with Crippen LogP contribution in [0.4, 0.5) is 0 Å². The van der Waals surface area contributed by atoms with Crippen LogP contribution in [0.1, 0.15) is 55.4 Å². The van der Waals surface area contributed by atoms with Gasteiger partial charge in [-0.05, 0) is 72.9 Å². The monoisotopic (exact) mass is 491 g/mol. The van der Waals surface area contributed by atoms with Gasteiger partial charge in [0.2, 0.25) is 0 Å². The summed E-state index contributed by atoms with van der Waals surface area (Å²) in [6.07, 6.45) is 5.56. The van der Waals surface area contributed by atoms with E-state index in [1.165, 1.54) is 5.56 Å². The number of carbonyl (C=O) groups is 1. The van der Waals surface area contributed by atoms with E-state index >= 15 is 0 Å². The summed E-state index contributed by atoms with van der Waals surface area (Å²) < 4.78 is 5.30. The lowest BCUT2D eigenvalue weighted by Gasteiger charge is -2.15. The maximum absolute atomic E-state index is 12.4. The third-order valence-corrected chi connectivity index (χ3v) is 7.34. The Labute approximate surface area is 219 Å². The second-order valence-electron chi connectivity index (χ2n) is 9.79. The largest absolute Gasteiger partial charge is 0.465 e. The molecular formula is C33H33NO3. The molecule has 3 aromatic carbocycles. The Morgan fingerprint density at radius 1 is 0.892 bits per heavy atom. The van der Waals surface area contributed by atoms with Crippen molar-refractivity contribution in [2.75, 3.05) is 6.61 Å². The van der Waals surface area contributed by atoms with Gasteiger partial charge in [0.1, 0.15) is 0 Å². The summed E-state index contributed by atoms with van der Waals surface area (Å²) in [4.78, 5) is 17.1. The van der Waals surface area contributed by atoms with Crippen LogP contribution in [0.3, 0.4) is 0 Å². The zero-order valence-electron chi connectivity index (χ0n) is 21.3. The Morgan fingerprint density at radius 3 is 2.19 bits per heavy atom. The maximum atomic E-state index is 12.4. The number of hydrogen-bond donors (Lipinski definition) is 1. The lowest BCUT2D eigenvalue weighted by atomic mass is 9.93. The molecule has 1 aliphatic rings. The highest BCUT2D eigenvalue weighted by Gasteiger charge is 2.52. The SMILES string of the molecule is CCOC(=O)C1(c2ccc(-c3ccc(-c4ncccc4CCCC(O)c4ccccc4)cc3)cc2)CC1. The molecule has 1 unspecified atom stereocenters. The predicted molar refractivity (Wildman–Crippen MR) is 147 cm³/mol. The number of hydrogen-bond acceptors (Lipinski definition) is 4. The summed E-state index contributed by atoms with van der Waals surface area (Å²) >= 11 is 0. The van der Waals surface area contributed by atoms with E-state index < -0.39 is 11.5 Å². The lowest BCUT2D eigenvalue weighted by molar-refractivity contribution is -0.146. The average Bonchev–Trinajstić information content (AvgIpc) is 3.77. The Balaban J connectivity index is 1.26. The van der Waals surface area contributed by atoms with Crippen LogP contribution in [0.5, 0.6) is 0 Å². The highest BCUT2D eigenvalue weighted by atomic mass is 16.5. The molecule has 0 saturated heterocycles. The molecule has 0 bridgehead atoms. The molecule has 0 spiro atoms. The average molecular weight is 492 g/mol. The zero-order chi connectivity index (χ0) is 25.7. The van der Waals surface area contributed by atoms with Crippen molar-refractivity contribution in [2.24, 2.45) is 0 Å². The maximum Gasteiger partial charge on any atom is 0.316 e. The highest BCUT2D eigenvalue weighted by Crippen LogP contribution is 2.49. The van der Waals surface area contributed by atoms with Crippen LogP contribution in [0.25, 0.3) is 22.4 Å². The number of ether oxygens (including phenoxy) is 1. The van der Waals surface area contributed by atoms with E-state index in [9.17, 15) is 9.90 Å². The first kappa shape index (κ1) is 24.9. The number of aryl methyl sites for hydroxylation is 1. The van der Waals surface area contributed by atoms with Gasteiger partial charge in [-0.2, -0.15) is 0 Å². The van der Waals surface area contributed by atoms with Crippen molar-refractivity contribution in [1.82, 2.24) is 4.98 Å². The molecule has 4 heteroatoms. The van der Waals surface area contributed by atoms with Crippen molar-refractivity contribution in [3.05, 3.63) is 114 Å². The number of aromatic nitrogens is 1. The standard InChI is InChI=1S/C33H33NO3/c1-2-37-32(36)33(21-22-33)29-19-17-25(18-20-29)24-13-15-28(16-14-24)31-27(11-7-23-34-31)10-6-12-30(35)26-8-4-3-5-9-26/h3-5,7-9,11,13-20,23,30,35H,2,6,10,12,21-22H2,1H3. The molecule has 0 radical (unpaired) electrons. The van der Waals surface area contributed by atoms with Crippen molar-refractivity contribution >= 4 is 5.97 Å². The van der Waals surface area contributed by atoms with E-state index in [1.807, 2.05) is 49.5 Å². The summed E-state index contributed by atoms with van der Waals surface area (Å²) in [7, 11) is 0. The van der Waals surface area contributed by atoms with Crippen LogP contribution >= 0.6 is 0 Å². The molecule has 4 nitrogen and oxygen atoms in total. The number of esters is 1. The predicted octanol–water partition coefficient (Wildman–Crippen LogP) is 7.07. The van der Waals surface area contributed by atoms with E-state index in [1.54, 1.807) is 0 Å². The lowest BCUT2D eigenvalue weighted by Crippen LogP contribution is -2.23. The highest BCUT2D eigenvalue weighted by molar-refractivity contribution is 5.87. The van der Waals surface area contributed by atoms with E-state index in [2.05, 4.69) is 59.6 Å². The fraction of sp³-hybridized carbons (Fsp3) is 0.273. The molecule has 0 aliphatic heterocycles. The molecule has 1 aromatic heterocycles. The van der Waals surface area contributed by atoms with E-state index in [0.717, 1.165) is 59.2 Å². The molecular weight excluding hydrogens is 458 g/mol. The Bertz CT molecular complexity index is 1330. The van der Waals surface area contributed by atoms with Crippen molar-refractivity contribution in [1.29, 1.82) is 0 Å². The van der Waals surface area contributed by atoms with Gasteiger partial charge in [0, 0.05) is 11.8 Å². The molecule has 37 heavy (non-hydrogen) atoms. The summed E-state index contributed by atoms with van der Waals surface area (Å²) in [6, 6.07) is 30.7. The van der Waals surface area contributed by atoms with Crippen LogP contribution in [0, 0.1) is 0 Å². The molecule has 4 aromatic rings. The molecule has 1 atom stereocenters.